The van der Waals surface area contributed by atoms with Gasteiger partial charge >= 0.3 is 0 Å². The average molecular weight is 419 g/mol. The zero-order valence-corrected chi connectivity index (χ0v) is 17.3. The number of rotatable bonds is 5. The molecule has 0 aromatic heterocycles. The normalized spacial score (nSPS) is 15.8. The fourth-order valence-corrected chi connectivity index (χ4v) is 4.12. The summed E-state index contributed by atoms with van der Waals surface area (Å²) in [6.45, 7) is 0.00995. The molecule has 0 saturated carbocycles. The number of hydrogen-bond acceptors (Lipinski definition) is 2. The highest BCUT2D eigenvalue weighted by Crippen LogP contribution is 2.37. The summed E-state index contributed by atoms with van der Waals surface area (Å²) < 4.78 is 0. The minimum Gasteiger partial charge on any atom is -0.324 e. The van der Waals surface area contributed by atoms with Crippen LogP contribution in [0.4, 0.5) is 5.69 Å². The predicted octanol–water partition coefficient (Wildman–Crippen LogP) is 5.23. The third-order valence-electron chi connectivity index (χ3n) is 5.34. The van der Waals surface area contributed by atoms with Crippen LogP contribution in [0.2, 0.25) is 5.02 Å². The van der Waals surface area contributed by atoms with E-state index in [0.717, 1.165) is 24.0 Å². The van der Waals surface area contributed by atoms with Crippen molar-refractivity contribution in [1.82, 2.24) is 4.90 Å². The average Bonchev–Trinajstić information content (AvgIpc) is 2.90. The lowest BCUT2D eigenvalue weighted by molar-refractivity contribution is -0.136. The van der Waals surface area contributed by atoms with E-state index in [1.807, 2.05) is 54.6 Å². The van der Waals surface area contributed by atoms with Gasteiger partial charge in [-0.1, -0.05) is 72.3 Å². The van der Waals surface area contributed by atoms with Gasteiger partial charge in [-0.15, -0.1) is 0 Å². The summed E-state index contributed by atoms with van der Waals surface area (Å²) in [7, 11) is 0. The molecule has 0 spiro atoms. The van der Waals surface area contributed by atoms with E-state index in [0.29, 0.717) is 17.1 Å². The predicted molar refractivity (Wildman–Crippen MR) is 119 cm³/mol. The SMILES string of the molecule is O=C1CN(C(=O)CCCc2ccccc2)[C@H](c2ccccc2)c2cc(Cl)ccc2N1. The molecule has 1 aliphatic heterocycles. The standard InChI is InChI=1S/C25H23ClN2O2/c26-20-14-15-22-21(16-20)25(19-11-5-2-6-12-19)28(17-23(29)27-22)24(30)13-7-10-18-8-3-1-4-9-18/h1-6,8-9,11-12,14-16,25H,7,10,13,17H2,(H,27,29)/t25-/m1/s1. The number of benzene rings is 3. The Morgan fingerprint density at radius 3 is 2.43 bits per heavy atom. The Bertz CT molecular complexity index is 1040. The summed E-state index contributed by atoms with van der Waals surface area (Å²) in [5, 5.41) is 3.50. The van der Waals surface area contributed by atoms with Crippen molar-refractivity contribution in [2.45, 2.75) is 25.3 Å². The van der Waals surface area contributed by atoms with Gasteiger partial charge in [-0.25, -0.2) is 0 Å². The van der Waals surface area contributed by atoms with Crippen molar-refractivity contribution in [3.05, 3.63) is 101 Å². The van der Waals surface area contributed by atoms with E-state index in [1.165, 1.54) is 5.56 Å². The molecule has 4 rings (SSSR count). The lowest BCUT2D eigenvalue weighted by Gasteiger charge is -2.30. The van der Waals surface area contributed by atoms with Crippen LogP contribution in [-0.4, -0.2) is 23.3 Å². The van der Waals surface area contributed by atoms with Crippen molar-refractivity contribution in [1.29, 1.82) is 0 Å². The Kier molecular flexibility index (Phi) is 6.15. The van der Waals surface area contributed by atoms with Crippen LogP contribution >= 0.6 is 11.6 Å². The van der Waals surface area contributed by atoms with Crippen LogP contribution in [-0.2, 0) is 16.0 Å². The fourth-order valence-electron chi connectivity index (χ4n) is 3.94. The smallest absolute Gasteiger partial charge is 0.244 e. The number of carbonyl (C=O) groups excluding carboxylic acids is 2. The summed E-state index contributed by atoms with van der Waals surface area (Å²) in [4.78, 5) is 27.5. The molecule has 0 unspecified atom stereocenters. The molecule has 152 valence electrons. The molecule has 0 radical (unpaired) electrons. The number of carbonyl (C=O) groups is 2. The van der Waals surface area contributed by atoms with Crippen LogP contribution in [0.25, 0.3) is 0 Å². The topological polar surface area (TPSA) is 49.4 Å². The van der Waals surface area contributed by atoms with E-state index in [1.54, 1.807) is 17.0 Å². The van der Waals surface area contributed by atoms with E-state index >= 15 is 0 Å². The van der Waals surface area contributed by atoms with Crippen molar-refractivity contribution >= 4 is 29.1 Å². The molecule has 2 amide bonds. The fraction of sp³-hybridized carbons (Fsp3) is 0.200. The van der Waals surface area contributed by atoms with Crippen LogP contribution in [0.3, 0.4) is 0 Å². The van der Waals surface area contributed by atoms with Crippen molar-refractivity contribution in [2.75, 3.05) is 11.9 Å². The summed E-state index contributed by atoms with van der Waals surface area (Å²) in [6, 6.07) is 24.9. The van der Waals surface area contributed by atoms with E-state index in [-0.39, 0.29) is 24.4 Å². The minimum atomic E-state index is -0.372. The third-order valence-corrected chi connectivity index (χ3v) is 5.58. The summed E-state index contributed by atoms with van der Waals surface area (Å²) >= 11 is 6.28. The molecule has 0 saturated heterocycles. The monoisotopic (exact) mass is 418 g/mol. The van der Waals surface area contributed by atoms with Gasteiger partial charge in [0.05, 0.1) is 6.04 Å². The Hall–Kier alpha value is -3.11. The number of aryl methyl sites for hydroxylation is 1. The lowest BCUT2D eigenvalue weighted by atomic mass is 9.95. The van der Waals surface area contributed by atoms with Gasteiger partial charge in [0, 0.05) is 22.7 Å². The summed E-state index contributed by atoms with van der Waals surface area (Å²) in [6.07, 6.45) is 1.93. The first-order valence-electron chi connectivity index (χ1n) is 10.1. The first-order valence-corrected chi connectivity index (χ1v) is 10.5. The van der Waals surface area contributed by atoms with E-state index in [4.69, 9.17) is 11.6 Å². The van der Waals surface area contributed by atoms with Gasteiger partial charge in [0.15, 0.2) is 0 Å². The second-order valence-electron chi connectivity index (χ2n) is 7.45. The Morgan fingerprint density at radius 1 is 1.00 bits per heavy atom. The number of nitrogens with one attached hydrogen (secondary N) is 1. The maximum atomic E-state index is 13.3. The highest BCUT2D eigenvalue weighted by Gasteiger charge is 2.33. The largest absolute Gasteiger partial charge is 0.324 e. The molecule has 1 atom stereocenters. The summed E-state index contributed by atoms with van der Waals surface area (Å²) in [5.41, 5.74) is 3.68. The van der Waals surface area contributed by atoms with Crippen LogP contribution < -0.4 is 5.32 Å². The van der Waals surface area contributed by atoms with Crippen molar-refractivity contribution < 1.29 is 9.59 Å². The van der Waals surface area contributed by atoms with Gasteiger partial charge in [0.25, 0.3) is 0 Å². The van der Waals surface area contributed by atoms with Gasteiger partial charge in [-0.05, 0) is 42.2 Å². The van der Waals surface area contributed by atoms with E-state index in [9.17, 15) is 9.59 Å². The second-order valence-corrected chi connectivity index (χ2v) is 7.89. The number of nitrogens with zero attached hydrogens (tertiary/aromatic N) is 1. The van der Waals surface area contributed by atoms with Crippen LogP contribution in [0.1, 0.15) is 35.6 Å². The van der Waals surface area contributed by atoms with Crippen molar-refractivity contribution in [2.24, 2.45) is 0 Å². The number of amides is 2. The zero-order chi connectivity index (χ0) is 20.9. The number of anilines is 1. The molecule has 30 heavy (non-hydrogen) atoms. The lowest BCUT2D eigenvalue weighted by Crippen LogP contribution is -2.38. The highest BCUT2D eigenvalue weighted by atomic mass is 35.5. The molecule has 1 heterocycles. The first kappa shape index (κ1) is 20.2. The van der Waals surface area contributed by atoms with E-state index < -0.39 is 0 Å². The minimum absolute atomic E-state index is 0.00995. The maximum Gasteiger partial charge on any atom is 0.244 e. The molecule has 1 aliphatic rings. The molecule has 0 bridgehead atoms. The van der Waals surface area contributed by atoms with Gasteiger partial charge in [-0.3, -0.25) is 9.59 Å². The molecule has 1 N–H and O–H groups in total. The molecular weight excluding hydrogens is 396 g/mol. The first-order chi connectivity index (χ1) is 14.6. The van der Waals surface area contributed by atoms with Gasteiger partial charge in [0.1, 0.15) is 6.54 Å². The highest BCUT2D eigenvalue weighted by molar-refractivity contribution is 6.30. The molecule has 4 nitrogen and oxygen atoms in total. The quantitative estimate of drug-likeness (QED) is 0.616. The third kappa shape index (κ3) is 4.55. The zero-order valence-electron chi connectivity index (χ0n) is 16.6. The Labute approximate surface area is 181 Å². The Balaban J connectivity index is 1.63. The van der Waals surface area contributed by atoms with Gasteiger partial charge < -0.3 is 10.2 Å². The maximum absolute atomic E-state index is 13.3. The number of halogens is 1. The van der Waals surface area contributed by atoms with Gasteiger partial charge in [-0.2, -0.15) is 0 Å². The van der Waals surface area contributed by atoms with Crippen LogP contribution in [0.15, 0.2) is 78.9 Å². The van der Waals surface area contributed by atoms with Crippen LogP contribution in [0, 0.1) is 0 Å². The molecule has 3 aromatic rings. The molecule has 3 aromatic carbocycles. The van der Waals surface area contributed by atoms with Gasteiger partial charge in [0.2, 0.25) is 11.8 Å². The second kappa shape index (κ2) is 9.14. The van der Waals surface area contributed by atoms with Crippen LogP contribution in [0.5, 0.6) is 0 Å². The van der Waals surface area contributed by atoms with Crippen molar-refractivity contribution in [3.63, 3.8) is 0 Å². The number of fused-ring (bicyclic) bond motifs is 1. The molecular formula is C25H23ClN2O2. The molecule has 5 heteroatoms. The van der Waals surface area contributed by atoms with E-state index in [2.05, 4.69) is 17.4 Å². The molecule has 0 fully saturated rings. The molecule has 0 aliphatic carbocycles. The van der Waals surface area contributed by atoms with Crippen molar-refractivity contribution in [3.8, 4) is 0 Å². The Morgan fingerprint density at radius 2 is 1.70 bits per heavy atom. The summed E-state index contributed by atoms with van der Waals surface area (Å²) in [5.74, 6) is -0.240. The number of hydrogen-bond donors (Lipinski definition) is 1.